The SMILES string of the molecule is Cc1cc(-c2c[nH]c3ncc(-c4cc5c(c(C(F)(F)F)c4)C(=O)N([C@@H](C)C4CC4)C5)cc23)cc(C)c1C(=O)O. The summed E-state index contributed by atoms with van der Waals surface area (Å²) >= 11 is 0. The number of rotatable bonds is 5. The molecule has 39 heavy (non-hydrogen) atoms. The summed E-state index contributed by atoms with van der Waals surface area (Å²) in [6.07, 6.45) is 0.570. The number of halogens is 3. The Balaban J connectivity index is 1.46. The molecule has 1 fully saturated rings. The Morgan fingerprint density at radius 2 is 1.77 bits per heavy atom. The lowest BCUT2D eigenvalue weighted by atomic mass is 9.93. The molecule has 6 rings (SSSR count). The van der Waals surface area contributed by atoms with Crippen molar-refractivity contribution in [2.45, 2.75) is 52.4 Å². The molecule has 1 saturated carbocycles. The molecule has 0 unspecified atom stereocenters. The maximum Gasteiger partial charge on any atom is 0.417 e. The number of H-pyrrole nitrogens is 1. The monoisotopic (exact) mass is 533 g/mol. The van der Waals surface area contributed by atoms with Crippen molar-refractivity contribution in [3.63, 3.8) is 0 Å². The molecule has 200 valence electrons. The number of fused-ring (bicyclic) bond motifs is 2. The zero-order chi connectivity index (χ0) is 27.8. The summed E-state index contributed by atoms with van der Waals surface area (Å²) in [5.74, 6) is -1.21. The van der Waals surface area contributed by atoms with Crippen molar-refractivity contribution in [3.05, 3.63) is 76.1 Å². The number of hydrogen-bond acceptors (Lipinski definition) is 3. The maximum atomic E-state index is 14.2. The number of aromatic nitrogens is 2. The number of aromatic carboxylic acids is 1. The highest BCUT2D eigenvalue weighted by molar-refractivity contribution is 6.02. The third-order valence-electron chi connectivity index (χ3n) is 8.06. The highest BCUT2D eigenvalue weighted by Gasteiger charge is 2.44. The van der Waals surface area contributed by atoms with E-state index >= 15 is 0 Å². The van der Waals surface area contributed by atoms with E-state index in [2.05, 4.69) is 9.97 Å². The van der Waals surface area contributed by atoms with Crippen LogP contribution < -0.4 is 0 Å². The minimum atomic E-state index is -4.69. The molecular formula is C30H26F3N3O3. The Kier molecular flexibility index (Phi) is 5.61. The second-order valence-electron chi connectivity index (χ2n) is 10.7. The van der Waals surface area contributed by atoms with Gasteiger partial charge in [-0.15, -0.1) is 0 Å². The molecule has 1 aliphatic carbocycles. The van der Waals surface area contributed by atoms with Crippen LogP contribution in [0.3, 0.4) is 0 Å². The molecule has 2 aromatic carbocycles. The van der Waals surface area contributed by atoms with Gasteiger partial charge in [-0.1, -0.05) is 12.1 Å². The molecule has 9 heteroatoms. The van der Waals surface area contributed by atoms with E-state index in [1.807, 2.05) is 6.92 Å². The highest BCUT2D eigenvalue weighted by atomic mass is 19.4. The number of nitrogens with one attached hydrogen (secondary N) is 1. The zero-order valence-corrected chi connectivity index (χ0v) is 21.6. The second kappa shape index (κ2) is 8.69. The third kappa shape index (κ3) is 4.16. The van der Waals surface area contributed by atoms with Crippen LogP contribution >= 0.6 is 0 Å². The smallest absolute Gasteiger partial charge is 0.417 e. The minimum Gasteiger partial charge on any atom is -0.478 e. The first kappa shape index (κ1) is 25.2. The van der Waals surface area contributed by atoms with E-state index in [1.165, 1.54) is 6.20 Å². The Labute approximate surface area is 222 Å². The van der Waals surface area contributed by atoms with E-state index in [9.17, 15) is 27.9 Å². The van der Waals surface area contributed by atoms with Crippen LogP contribution in [0.2, 0.25) is 0 Å². The van der Waals surface area contributed by atoms with Crippen LogP contribution in [-0.4, -0.2) is 37.9 Å². The van der Waals surface area contributed by atoms with Crippen molar-refractivity contribution in [2.75, 3.05) is 0 Å². The van der Waals surface area contributed by atoms with Crippen LogP contribution in [0, 0.1) is 19.8 Å². The van der Waals surface area contributed by atoms with Gasteiger partial charge in [-0.25, -0.2) is 9.78 Å². The fraction of sp³-hybridized carbons (Fsp3) is 0.300. The predicted molar refractivity (Wildman–Crippen MR) is 140 cm³/mol. The fourth-order valence-electron chi connectivity index (χ4n) is 5.89. The van der Waals surface area contributed by atoms with E-state index in [-0.39, 0.29) is 23.7 Å². The van der Waals surface area contributed by atoms with Gasteiger partial charge >= 0.3 is 12.1 Å². The van der Waals surface area contributed by atoms with Crippen molar-refractivity contribution in [1.82, 2.24) is 14.9 Å². The molecular weight excluding hydrogens is 507 g/mol. The molecule has 0 spiro atoms. The molecule has 0 saturated heterocycles. The van der Waals surface area contributed by atoms with Crippen molar-refractivity contribution < 1.29 is 27.9 Å². The number of carbonyl (C=O) groups excluding carboxylic acids is 1. The Morgan fingerprint density at radius 1 is 1.08 bits per heavy atom. The van der Waals surface area contributed by atoms with E-state index in [1.54, 1.807) is 49.2 Å². The lowest BCUT2D eigenvalue weighted by Gasteiger charge is -2.24. The molecule has 1 amide bonds. The summed E-state index contributed by atoms with van der Waals surface area (Å²) in [6.45, 7) is 5.53. The Morgan fingerprint density at radius 3 is 2.38 bits per heavy atom. The standard InChI is InChI=1S/C30H26F3N3O3/c1-14-6-19(7-15(2)25(14)29(38)39)23-12-35-27-22(23)9-20(11-34-27)18-8-21-13-36(16(3)17-4-5-17)28(37)26(21)24(10-18)30(31,32)33/h6-12,16-17H,4-5,13H2,1-3H3,(H,34,35)(H,38,39)/t16-/m0/s1. The topological polar surface area (TPSA) is 86.3 Å². The van der Waals surface area contributed by atoms with Crippen LogP contribution in [0.1, 0.15) is 62.7 Å². The first-order valence-electron chi connectivity index (χ1n) is 12.8. The van der Waals surface area contributed by atoms with Gasteiger partial charge in [0.25, 0.3) is 5.91 Å². The minimum absolute atomic E-state index is 0.103. The summed E-state index contributed by atoms with van der Waals surface area (Å²) in [4.78, 5) is 33.9. The number of carboxylic acids is 1. The predicted octanol–water partition coefficient (Wildman–Crippen LogP) is 6.99. The Hall–Kier alpha value is -4.14. The van der Waals surface area contributed by atoms with Crippen LogP contribution in [0.15, 0.2) is 42.7 Å². The number of aryl methyl sites for hydroxylation is 2. The molecule has 2 aromatic heterocycles. The van der Waals surface area contributed by atoms with Gasteiger partial charge in [0.15, 0.2) is 0 Å². The molecule has 2 N–H and O–H groups in total. The van der Waals surface area contributed by atoms with Crippen molar-refractivity contribution in [2.24, 2.45) is 5.92 Å². The normalized spacial score (nSPS) is 16.2. The molecule has 0 radical (unpaired) electrons. The fourth-order valence-corrected chi connectivity index (χ4v) is 5.89. The van der Waals surface area contributed by atoms with E-state index in [4.69, 9.17) is 0 Å². The van der Waals surface area contributed by atoms with Gasteiger partial charge in [0, 0.05) is 41.5 Å². The van der Waals surface area contributed by atoms with Gasteiger partial charge in [0.2, 0.25) is 0 Å². The number of benzene rings is 2. The van der Waals surface area contributed by atoms with E-state index in [0.717, 1.165) is 30.0 Å². The summed E-state index contributed by atoms with van der Waals surface area (Å²) in [6, 6.07) is 7.97. The summed E-state index contributed by atoms with van der Waals surface area (Å²) in [5, 5.41) is 10.2. The van der Waals surface area contributed by atoms with E-state index in [0.29, 0.717) is 44.8 Å². The average molecular weight is 534 g/mol. The maximum absolute atomic E-state index is 14.2. The number of aromatic amines is 1. The molecule has 2 aliphatic rings. The molecule has 1 aliphatic heterocycles. The average Bonchev–Trinajstić information content (AvgIpc) is 3.55. The molecule has 0 bridgehead atoms. The summed E-state index contributed by atoms with van der Waals surface area (Å²) < 4.78 is 42.7. The van der Waals surface area contributed by atoms with Gasteiger partial charge in [-0.3, -0.25) is 4.79 Å². The summed E-state index contributed by atoms with van der Waals surface area (Å²) in [5.41, 5.74) is 3.60. The van der Waals surface area contributed by atoms with Crippen molar-refractivity contribution in [1.29, 1.82) is 0 Å². The van der Waals surface area contributed by atoms with Gasteiger partial charge in [0.1, 0.15) is 5.65 Å². The Bertz CT molecular complexity index is 1660. The molecule has 4 aromatic rings. The first-order valence-corrected chi connectivity index (χ1v) is 12.8. The number of carboxylic acid groups (broad SMARTS) is 1. The number of alkyl halides is 3. The van der Waals surface area contributed by atoms with Crippen molar-refractivity contribution in [3.8, 4) is 22.3 Å². The van der Waals surface area contributed by atoms with Crippen LogP contribution in [0.25, 0.3) is 33.3 Å². The summed E-state index contributed by atoms with van der Waals surface area (Å²) in [7, 11) is 0. The van der Waals surface area contributed by atoms with Gasteiger partial charge in [-0.05, 0) is 85.5 Å². The van der Waals surface area contributed by atoms with E-state index < -0.39 is 23.6 Å². The molecule has 3 heterocycles. The number of pyridine rings is 1. The largest absolute Gasteiger partial charge is 0.478 e. The van der Waals surface area contributed by atoms with Crippen molar-refractivity contribution >= 4 is 22.9 Å². The number of carbonyl (C=O) groups is 2. The number of amides is 1. The van der Waals surface area contributed by atoms with Crippen LogP contribution in [0.5, 0.6) is 0 Å². The van der Waals surface area contributed by atoms with Gasteiger partial charge in [-0.2, -0.15) is 13.2 Å². The highest BCUT2D eigenvalue weighted by Crippen LogP contribution is 2.44. The van der Waals surface area contributed by atoms with Gasteiger partial charge in [0.05, 0.1) is 16.7 Å². The lowest BCUT2D eigenvalue weighted by molar-refractivity contribution is -0.137. The number of nitrogens with zero attached hydrogens (tertiary/aromatic N) is 2. The number of hydrogen-bond donors (Lipinski definition) is 2. The zero-order valence-electron chi connectivity index (χ0n) is 21.6. The van der Waals surface area contributed by atoms with Gasteiger partial charge < -0.3 is 15.0 Å². The first-order chi connectivity index (χ1) is 18.4. The van der Waals surface area contributed by atoms with Crippen LogP contribution in [-0.2, 0) is 12.7 Å². The quantitative estimate of drug-likeness (QED) is 0.290. The third-order valence-corrected chi connectivity index (χ3v) is 8.06. The lowest BCUT2D eigenvalue weighted by Crippen LogP contribution is -2.35. The molecule has 6 nitrogen and oxygen atoms in total. The second-order valence-corrected chi connectivity index (χ2v) is 10.7. The van der Waals surface area contributed by atoms with Crippen LogP contribution in [0.4, 0.5) is 13.2 Å². The molecule has 1 atom stereocenters.